The van der Waals surface area contributed by atoms with Gasteiger partial charge < -0.3 is 10.4 Å². The SMILES string of the molecule is CC(C)C[C@H](NC(=O)c1nc(-c2ccccc2)cs1)C(=O)O. The van der Waals surface area contributed by atoms with Crippen molar-refractivity contribution in [1.82, 2.24) is 10.3 Å². The molecule has 0 aliphatic carbocycles. The minimum absolute atomic E-state index is 0.178. The van der Waals surface area contributed by atoms with Gasteiger partial charge in [0.1, 0.15) is 6.04 Å². The van der Waals surface area contributed by atoms with E-state index in [-0.39, 0.29) is 10.9 Å². The largest absolute Gasteiger partial charge is 0.480 e. The van der Waals surface area contributed by atoms with Crippen molar-refractivity contribution in [3.05, 3.63) is 40.7 Å². The topological polar surface area (TPSA) is 79.3 Å². The molecule has 0 saturated heterocycles. The zero-order chi connectivity index (χ0) is 16.1. The summed E-state index contributed by atoms with van der Waals surface area (Å²) in [4.78, 5) is 27.6. The molecule has 116 valence electrons. The number of benzene rings is 1. The highest BCUT2D eigenvalue weighted by molar-refractivity contribution is 7.12. The van der Waals surface area contributed by atoms with E-state index in [9.17, 15) is 9.59 Å². The molecule has 1 heterocycles. The van der Waals surface area contributed by atoms with Crippen LogP contribution < -0.4 is 5.32 Å². The Kier molecular flexibility index (Phi) is 5.27. The Bertz CT molecular complexity index is 652. The van der Waals surface area contributed by atoms with Gasteiger partial charge in [0.2, 0.25) is 0 Å². The summed E-state index contributed by atoms with van der Waals surface area (Å²) in [6, 6.07) is 8.64. The van der Waals surface area contributed by atoms with Gasteiger partial charge in [0, 0.05) is 10.9 Å². The molecule has 1 atom stereocenters. The molecule has 1 aromatic heterocycles. The molecule has 0 fully saturated rings. The Hall–Kier alpha value is -2.21. The summed E-state index contributed by atoms with van der Waals surface area (Å²) in [7, 11) is 0. The van der Waals surface area contributed by atoms with Crippen LogP contribution in [0.5, 0.6) is 0 Å². The molecule has 0 aliphatic rings. The van der Waals surface area contributed by atoms with Crippen molar-refractivity contribution in [2.24, 2.45) is 5.92 Å². The van der Waals surface area contributed by atoms with Gasteiger partial charge in [-0.2, -0.15) is 0 Å². The monoisotopic (exact) mass is 318 g/mol. The van der Waals surface area contributed by atoms with Crippen molar-refractivity contribution < 1.29 is 14.7 Å². The van der Waals surface area contributed by atoms with E-state index in [2.05, 4.69) is 10.3 Å². The van der Waals surface area contributed by atoms with Gasteiger partial charge in [0.15, 0.2) is 5.01 Å². The average Bonchev–Trinajstić information content (AvgIpc) is 2.96. The van der Waals surface area contributed by atoms with E-state index in [1.165, 1.54) is 11.3 Å². The lowest BCUT2D eigenvalue weighted by Crippen LogP contribution is -2.41. The van der Waals surface area contributed by atoms with Crippen molar-refractivity contribution >= 4 is 23.2 Å². The predicted molar refractivity (Wildman–Crippen MR) is 85.9 cm³/mol. The van der Waals surface area contributed by atoms with Crippen molar-refractivity contribution in [2.75, 3.05) is 0 Å². The summed E-state index contributed by atoms with van der Waals surface area (Å²) in [5.41, 5.74) is 1.64. The van der Waals surface area contributed by atoms with Crippen molar-refractivity contribution in [3.8, 4) is 11.3 Å². The maximum atomic E-state index is 12.2. The first-order chi connectivity index (χ1) is 10.5. The molecule has 0 unspecified atom stereocenters. The molecule has 6 heteroatoms. The zero-order valence-corrected chi connectivity index (χ0v) is 13.3. The van der Waals surface area contributed by atoms with Gasteiger partial charge >= 0.3 is 5.97 Å². The smallest absolute Gasteiger partial charge is 0.326 e. The highest BCUT2D eigenvalue weighted by Gasteiger charge is 2.23. The molecule has 2 rings (SSSR count). The first-order valence-corrected chi connectivity index (χ1v) is 7.90. The van der Waals surface area contributed by atoms with Crippen molar-refractivity contribution in [2.45, 2.75) is 26.3 Å². The summed E-state index contributed by atoms with van der Waals surface area (Å²) in [5, 5.41) is 13.8. The minimum Gasteiger partial charge on any atom is -0.480 e. The third-order valence-corrected chi connectivity index (χ3v) is 3.92. The molecular formula is C16H18N2O3S. The number of aromatic nitrogens is 1. The average molecular weight is 318 g/mol. The molecule has 0 aliphatic heterocycles. The third kappa shape index (κ3) is 4.14. The van der Waals surface area contributed by atoms with Crippen LogP contribution in [0.4, 0.5) is 0 Å². The minimum atomic E-state index is -1.03. The molecule has 1 aromatic carbocycles. The van der Waals surface area contributed by atoms with Crippen molar-refractivity contribution in [3.63, 3.8) is 0 Å². The van der Waals surface area contributed by atoms with Crippen LogP contribution in [0.2, 0.25) is 0 Å². The molecule has 1 amide bonds. The van der Waals surface area contributed by atoms with Gasteiger partial charge in [-0.1, -0.05) is 44.2 Å². The van der Waals surface area contributed by atoms with Gasteiger partial charge in [0.05, 0.1) is 5.69 Å². The third-order valence-electron chi connectivity index (χ3n) is 3.08. The second-order valence-corrected chi connectivity index (χ2v) is 6.26. The second-order valence-electron chi connectivity index (χ2n) is 5.40. The van der Waals surface area contributed by atoms with Crippen LogP contribution in [0.3, 0.4) is 0 Å². The lowest BCUT2D eigenvalue weighted by atomic mass is 10.0. The molecule has 0 spiro atoms. The fourth-order valence-electron chi connectivity index (χ4n) is 2.03. The van der Waals surface area contributed by atoms with Gasteiger partial charge in [-0.05, 0) is 12.3 Å². The predicted octanol–water partition coefficient (Wildman–Crippen LogP) is 3.04. The molecule has 0 saturated carbocycles. The van der Waals surface area contributed by atoms with Crippen molar-refractivity contribution in [1.29, 1.82) is 0 Å². The molecule has 2 aromatic rings. The summed E-state index contributed by atoms with van der Waals surface area (Å²) in [6.45, 7) is 3.83. The van der Waals surface area contributed by atoms with Crippen LogP contribution in [0.1, 0.15) is 30.1 Å². The number of amides is 1. The fourth-order valence-corrected chi connectivity index (χ4v) is 2.76. The van der Waals surface area contributed by atoms with E-state index in [0.29, 0.717) is 12.1 Å². The molecule has 0 radical (unpaired) electrons. The van der Waals surface area contributed by atoms with Crippen LogP contribution in [0, 0.1) is 5.92 Å². The molecule has 0 bridgehead atoms. The number of hydrogen-bond acceptors (Lipinski definition) is 4. The van der Waals surface area contributed by atoms with E-state index >= 15 is 0 Å². The van der Waals surface area contributed by atoms with Crippen LogP contribution in [0.25, 0.3) is 11.3 Å². The number of carbonyl (C=O) groups excluding carboxylic acids is 1. The van der Waals surface area contributed by atoms with Crippen LogP contribution >= 0.6 is 11.3 Å². The highest BCUT2D eigenvalue weighted by Crippen LogP contribution is 2.21. The number of nitrogens with one attached hydrogen (secondary N) is 1. The molecular weight excluding hydrogens is 300 g/mol. The number of carboxylic acid groups (broad SMARTS) is 1. The summed E-state index contributed by atoms with van der Waals surface area (Å²) in [5.74, 6) is -1.29. The van der Waals surface area contributed by atoms with Crippen LogP contribution in [-0.4, -0.2) is 28.0 Å². The number of aliphatic carboxylic acids is 1. The van der Waals surface area contributed by atoms with E-state index in [1.807, 2.05) is 44.2 Å². The lowest BCUT2D eigenvalue weighted by molar-refractivity contribution is -0.139. The maximum absolute atomic E-state index is 12.2. The first-order valence-electron chi connectivity index (χ1n) is 7.02. The maximum Gasteiger partial charge on any atom is 0.326 e. The zero-order valence-electron chi connectivity index (χ0n) is 12.4. The van der Waals surface area contributed by atoms with E-state index in [4.69, 9.17) is 5.11 Å². The molecule has 5 nitrogen and oxygen atoms in total. The molecule has 2 N–H and O–H groups in total. The number of carboxylic acids is 1. The summed E-state index contributed by atoms with van der Waals surface area (Å²) >= 11 is 1.21. The Labute approximate surface area is 133 Å². The summed E-state index contributed by atoms with van der Waals surface area (Å²) < 4.78 is 0. The Balaban J connectivity index is 2.10. The first kappa shape index (κ1) is 16.2. The highest BCUT2D eigenvalue weighted by atomic mass is 32.1. The normalized spacial score (nSPS) is 12.1. The number of thiazole rings is 1. The Morgan fingerprint density at radius 3 is 2.55 bits per heavy atom. The van der Waals surface area contributed by atoms with E-state index in [0.717, 1.165) is 5.56 Å². The number of nitrogens with zero attached hydrogens (tertiary/aromatic N) is 1. The van der Waals surface area contributed by atoms with Gasteiger partial charge in [0.25, 0.3) is 5.91 Å². The standard InChI is InChI=1S/C16H18N2O3S/c1-10(2)8-12(16(20)21)17-14(19)15-18-13(9-22-15)11-6-4-3-5-7-11/h3-7,9-10,12H,8H2,1-2H3,(H,17,19)(H,20,21)/t12-/m0/s1. The number of rotatable bonds is 6. The number of hydrogen-bond donors (Lipinski definition) is 2. The Morgan fingerprint density at radius 2 is 1.95 bits per heavy atom. The summed E-state index contributed by atoms with van der Waals surface area (Å²) in [6.07, 6.45) is 0.387. The molecule has 22 heavy (non-hydrogen) atoms. The second kappa shape index (κ2) is 7.17. The van der Waals surface area contributed by atoms with Crippen LogP contribution in [-0.2, 0) is 4.79 Å². The van der Waals surface area contributed by atoms with E-state index in [1.54, 1.807) is 5.38 Å². The van der Waals surface area contributed by atoms with Gasteiger partial charge in [-0.15, -0.1) is 11.3 Å². The quantitative estimate of drug-likeness (QED) is 0.858. The van der Waals surface area contributed by atoms with Gasteiger partial charge in [-0.3, -0.25) is 4.79 Å². The fraction of sp³-hybridized carbons (Fsp3) is 0.312. The number of carbonyl (C=O) groups is 2. The van der Waals surface area contributed by atoms with E-state index < -0.39 is 17.9 Å². The van der Waals surface area contributed by atoms with Crippen LogP contribution in [0.15, 0.2) is 35.7 Å². The lowest BCUT2D eigenvalue weighted by Gasteiger charge is -2.15. The Morgan fingerprint density at radius 1 is 1.27 bits per heavy atom. The van der Waals surface area contributed by atoms with Gasteiger partial charge in [-0.25, -0.2) is 9.78 Å².